The second-order valence-electron chi connectivity index (χ2n) is 6.02. The molecule has 8 heteroatoms. The number of nitrogens with zero attached hydrogens (tertiary/aromatic N) is 1. The minimum atomic E-state index is -0.629. The van der Waals surface area contributed by atoms with Crippen LogP contribution in [-0.4, -0.2) is 30.1 Å². The number of esters is 1. The summed E-state index contributed by atoms with van der Waals surface area (Å²) in [6.07, 6.45) is 0. The van der Waals surface area contributed by atoms with E-state index in [4.69, 9.17) is 9.47 Å². The number of carbonyl (C=O) groups is 2. The first-order valence-corrected chi connectivity index (χ1v) is 9.71. The zero-order valence-corrected chi connectivity index (χ0v) is 16.7. The molecule has 3 rings (SSSR count). The summed E-state index contributed by atoms with van der Waals surface area (Å²) in [7, 11) is 0. The molecule has 0 saturated heterocycles. The Morgan fingerprint density at radius 1 is 1.10 bits per heavy atom. The Bertz CT molecular complexity index is 1000. The van der Waals surface area contributed by atoms with Crippen molar-refractivity contribution >= 4 is 28.9 Å². The van der Waals surface area contributed by atoms with Crippen LogP contribution in [-0.2, 0) is 9.53 Å². The number of benzene rings is 2. The molecule has 0 bridgehead atoms. The van der Waals surface area contributed by atoms with E-state index >= 15 is 0 Å². The van der Waals surface area contributed by atoms with Gasteiger partial charge in [0.05, 0.1) is 12.3 Å². The number of halogens is 1. The lowest BCUT2D eigenvalue weighted by molar-refractivity contribution is -0.119. The second kappa shape index (κ2) is 9.29. The number of aromatic nitrogens is 1. The summed E-state index contributed by atoms with van der Waals surface area (Å²) in [4.78, 5) is 29.0. The lowest BCUT2D eigenvalue weighted by Crippen LogP contribution is -2.20. The summed E-state index contributed by atoms with van der Waals surface area (Å²) in [5.74, 6) is -0.728. The Kier molecular flexibility index (Phi) is 6.56. The molecule has 0 atom stereocenters. The van der Waals surface area contributed by atoms with E-state index in [0.717, 1.165) is 11.3 Å². The highest BCUT2D eigenvalue weighted by molar-refractivity contribution is 7.17. The zero-order chi connectivity index (χ0) is 20.8. The standard InChI is InChI=1S/C21H19FN2O4S/c1-3-27-17-10-8-16(9-11-17)24-18(25)12-28-21(26)19-13(2)23-20(29-19)14-4-6-15(22)7-5-14/h4-11H,3,12H2,1-2H3,(H,24,25). The first-order chi connectivity index (χ1) is 14.0. The zero-order valence-electron chi connectivity index (χ0n) is 15.9. The lowest BCUT2D eigenvalue weighted by Gasteiger charge is -2.07. The van der Waals surface area contributed by atoms with Gasteiger partial charge in [0.1, 0.15) is 21.5 Å². The van der Waals surface area contributed by atoms with Gasteiger partial charge in [0.15, 0.2) is 6.61 Å². The average molecular weight is 414 g/mol. The minimum Gasteiger partial charge on any atom is -0.494 e. The SMILES string of the molecule is CCOc1ccc(NC(=O)COC(=O)c2sc(-c3ccc(F)cc3)nc2C)cc1. The third-order valence-electron chi connectivity index (χ3n) is 3.86. The summed E-state index contributed by atoms with van der Waals surface area (Å²) >= 11 is 1.13. The molecule has 0 spiro atoms. The third-order valence-corrected chi connectivity index (χ3v) is 5.04. The first kappa shape index (κ1) is 20.5. The van der Waals surface area contributed by atoms with Gasteiger partial charge >= 0.3 is 5.97 Å². The van der Waals surface area contributed by atoms with Crippen LogP contribution in [0.4, 0.5) is 10.1 Å². The molecule has 0 unspecified atom stereocenters. The predicted octanol–water partition coefficient (Wildman–Crippen LogP) is 4.45. The van der Waals surface area contributed by atoms with Crippen molar-refractivity contribution in [3.05, 3.63) is 64.9 Å². The van der Waals surface area contributed by atoms with E-state index in [9.17, 15) is 14.0 Å². The highest BCUT2D eigenvalue weighted by Crippen LogP contribution is 2.28. The molecule has 0 radical (unpaired) electrons. The van der Waals surface area contributed by atoms with Gasteiger partial charge in [-0.3, -0.25) is 4.79 Å². The quantitative estimate of drug-likeness (QED) is 0.578. The van der Waals surface area contributed by atoms with E-state index in [1.165, 1.54) is 12.1 Å². The average Bonchev–Trinajstić information content (AvgIpc) is 3.10. The molecule has 150 valence electrons. The Labute approximate surface area is 171 Å². The van der Waals surface area contributed by atoms with E-state index in [1.54, 1.807) is 43.3 Å². The number of amides is 1. The highest BCUT2D eigenvalue weighted by Gasteiger charge is 2.19. The smallest absolute Gasteiger partial charge is 0.350 e. The maximum atomic E-state index is 13.1. The molecule has 3 aromatic rings. The number of carbonyl (C=O) groups excluding carboxylic acids is 2. The van der Waals surface area contributed by atoms with Crippen molar-refractivity contribution in [2.24, 2.45) is 0 Å². The summed E-state index contributed by atoms with van der Waals surface area (Å²) in [6, 6.07) is 12.7. The molecule has 0 aliphatic rings. The van der Waals surface area contributed by atoms with Gasteiger partial charge in [-0.15, -0.1) is 11.3 Å². The van der Waals surface area contributed by atoms with E-state index in [-0.39, 0.29) is 5.82 Å². The summed E-state index contributed by atoms with van der Waals surface area (Å²) in [6.45, 7) is 3.70. The predicted molar refractivity (Wildman–Crippen MR) is 109 cm³/mol. The van der Waals surface area contributed by atoms with Crippen molar-refractivity contribution in [3.8, 4) is 16.3 Å². The van der Waals surface area contributed by atoms with Crippen LogP contribution >= 0.6 is 11.3 Å². The van der Waals surface area contributed by atoms with Crippen molar-refractivity contribution in [1.82, 2.24) is 4.98 Å². The lowest BCUT2D eigenvalue weighted by atomic mass is 10.2. The van der Waals surface area contributed by atoms with Gasteiger partial charge in [0.2, 0.25) is 0 Å². The number of nitrogens with one attached hydrogen (secondary N) is 1. The van der Waals surface area contributed by atoms with Crippen LogP contribution in [0.25, 0.3) is 10.6 Å². The van der Waals surface area contributed by atoms with Crippen molar-refractivity contribution < 1.29 is 23.5 Å². The van der Waals surface area contributed by atoms with Crippen molar-refractivity contribution in [2.45, 2.75) is 13.8 Å². The Morgan fingerprint density at radius 3 is 2.45 bits per heavy atom. The number of hydrogen-bond acceptors (Lipinski definition) is 6. The van der Waals surface area contributed by atoms with Crippen molar-refractivity contribution in [3.63, 3.8) is 0 Å². The molecule has 1 heterocycles. The van der Waals surface area contributed by atoms with Crippen LogP contribution in [0.15, 0.2) is 48.5 Å². The minimum absolute atomic E-state index is 0.304. The molecule has 0 fully saturated rings. The van der Waals surface area contributed by atoms with Crippen LogP contribution in [0.2, 0.25) is 0 Å². The monoisotopic (exact) mass is 414 g/mol. The number of aryl methyl sites for hydroxylation is 1. The molecule has 1 aromatic heterocycles. The van der Waals surface area contributed by atoms with Crippen molar-refractivity contribution in [2.75, 3.05) is 18.5 Å². The molecule has 2 aromatic carbocycles. The second-order valence-corrected chi connectivity index (χ2v) is 7.02. The molecule has 0 saturated carbocycles. The maximum Gasteiger partial charge on any atom is 0.350 e. The van der Waals surface area contributed by atoms with E-state index in [2.05, 4.69) is 10.3 Å². The number of hydrogen-bond donors (Lipinski definition) is 1. The molecule has 6 nitrogen and oxygen atoms in total. The van der Waals surface area contributed by atoms with Gasteiger partial charge in [-0.1, -0.05) is 0 Å². The summed E-state index contributed by atoms with van der Waals surface area (Å²) in [5.41, 5.74) is 1.76. The van der Waals surface area contributed by atoms with Crippen molar-refractivity contribution in [1.29, 1.82) is 0 Å². The first-order valence-electron chi connectivity index (χ1n) is 8.89. The van der Waals surface area contributed by atoms with Gasteiger partial charge in [0, 0.05) is 11.3 Å². The number of anilines is 1. The fourth-order valence-corrected chi connectivity index (χ4v) is 3.46. The summed E-state index contributed by atoms with van der Waals surface area (Å²) < 4.78 is 23.5. The number of ether oxygens (including phenoxy) is 2. The van der Waals surface area contributed by atoms with Gasteiger partial charge in [-0.25, -0.2) is 14.2 Å². The molecule has 0 aliphatic carbocycles. The Hall–Kier alpha value is -3.26. The fraction of sp³-hybridized carbons (Fsp3) is 0.190. The molecule has 0 aliphatic heterocycles. The van der Waals surface area contributed by atoms with Crippen LogP contribution in [0.5, 0.6) is 5.75 Å². The normalized spacial score (nSPS) is 10.4. The van der Waals surface area contributed by atoms with Gasteiger partial charge in [-0.05, 0) is 62.4 Å². The molecular weight excluding hydrogens is 395 g/mol. The van der Waals surface area contributed by atoms with Crippen LogP contribution in [0.1, 0.15) is 22.3 Å². The van der Waals surface area contributed by atoms with E-state index in [0.29, 0.717) is 39.2 Å². The molecule has 1 amide bonds. The Morgan fingerprint density at radius 2 is 1.79 bits per heavy atom. The topological polar surface area (TPSA) is 77.5 Å². The largest absolute Gasteiger partial charge is 0.494 e. The number of thiazole rings is 1. The van der Waals surface area contributed by atoms with E-state index < -0.39 is 18.5 Å². The van der Waals surface area contributed by atoms with Gasteiger partial charge in [-0.2, -0.15) is 0 Å². The molecule has 29 heavy (non-hydrogen) atoms. The number of rotatable bonds is 7. The molecular formula is C21H19FN2O4S. The third kappa shape index (κ3) is 5.39. The van der Waals surface area contributed by atoms with Crippen LogP contribution < -0.4 is 10.1 Å². The Balaban J connectivity index is 1.57. The fourth-order valence-electron chi connectivity index (χ4n) is 2.50. The van der Waals surface area contributed by atoms with Crippen LogP contribution in [0.3, 0.4) is 0 Å². The summed E-state index contributed by atoms with van der Waals surface area (Å²) in [5, 5.41) is 3.23. The molecule has 1 N–H and O–H groups in total. The van der Waals surface area contributed by atoms with Crippen LogP contribution in [0, 0.1) is 12.7 Å². The highest BCUT2D eigenvalue weighted by atomic mass is 32.1. The van der Waals surface area contributed by atoms with Gasteiger partial charge < -0.3 is 14.8 Å². The van der Waals surface area contributed by atoms with E-state index in [1.807, 2.05) is 6.92 Å². The maximum absolute atomic E-state index is 13.1. The van der Waals surface area contributed by atoms with Gasteiger partial charge in [0.25, 0.3) is 5.91 Å².